The Labute approximate surface area is 117 Å². The average Bonchev–Trinajstić information content (AvgIpc) is 2.33. The number of benzene rings is 1. The van der Waals surface area contributed by atoms with Gasteiger partial charge in [0.2, 0.25) is 0 Å². The Bertz CT molecular complexity index is 509. The van der Waals surface area contributed by atoms with Gasteiger partial charge in [0, 0.05) is 6.04 Å². The molecular formula is C15H25NO2S. The summed E-state index contributed by atoms with van der Waals surface area (Å²) >= 11 is 0. The summed E-state index contributed by atoms with van der Waals surface area (Å²) in [5.74, 6) is 0.174. The molecule has 0 saturated heterocycles. The minimum Gasteiger partial charge on any atom is -0.313 e. The summed E-state index contributed by atoms with van der Waals surface area (Å²) < 4.78 is 24.9. The van der Waals surface area contributed by atoms with Crippen LogP contribution in [0.5, 0.6) is 0 Å². The Kier molecular flexibility index (Phi) is 6.01. The van der Waals surface area contributed by atoms with E-state index in [9.17, 15) is 8.42 Å². The Morgan fingerprint density at radius 1 is 1.21 bits per heavy atom. The lowest BCUT2D eigenvalue weighted by molar-refractivity contribution is 0.519. The second-order valence-corrected chi connectivity index (χ2v) is 7.11. The van der Waals surface area contributed by atoms with Gasteiger partial charge in [-0.1, -0.05) is 31.5 Å². The summed E-state index contributed by atoms with van der Waals surface area (Å²) in [6, 6.07) is 5.55. The maximum Gasteiger partial charge on any atom is 0.180 e. The van der Waals surface area contributed by atoms with E-state index in [1.807, 2.05) is 32.9 Å². The van der Waals surface area contributed by atoms with E-state index < -0.39 is 9.84 Å². The molecule has 0 aromatic heterocycles. The van der Waals surface area contributed by atoms with E-state index in [1.54, 1.807) is 6.07 Å². The highest BCUT2D eigenvalue weighted by atomic mass is 32.2. The molecule has 1 rings (SSSR count). The molecule has 1 N–H and O–H groups in total. The lowest BCUT2D eigenvalue weighted by Gasteiger charge is -2.17. The number of rotatable bonds is 7. The van der Waals surface area contributed by atoms with Crippen LogP contribution in [0.4, 0.5) is 0 Å². The van der Waals surface area contributed by atoms with Crippen LogP contribution >= 0.6 is 0 Å². The topological polar surface area (TPSA) is 46.2 Å². The fourth-order valence-electron chi connectivity index (χ4n) is 2.17. The lowest BCUT2D eigenvalue weighted by atomic mass is 10.2. The van der Waals surface area contributed by atoms with Crippen LogP contribution in [0.25, 0.3) is 0 Å². The van der Waals surface area contributed by atoms with E-state index >= 15 is 0 Å². The maximum atomic E-state index is 12.5. The predicted molar refractivity (Wildman–Crippen MR) is 80.3 cm³/mol. The van der Waals surface area contributed by atoms with Crippen molar-refractivity contribution in [3.05, 3.63) is 29.3 Å². The van der Waals surface area contributed by atoms with E-state index in [1.165, 1.54) is 0 Å². The van der Waals surface area contributed by atoms with Crippen LogP contribution in [0.15, 0.2) is 23.1 Å². The van der Waals surface area contributed by atoms with Gasteiger partial charge >= 0.3 is 0 Å². The standard InChI is InChI=1S/C15H25NO2S/c1-5-9-16-14(6-2)11-19(17,18)15-8-7-12(3)10-13(15)4/h7-8,10,14,16H,5-6,9,11H2,1-4H3. The van der Waals surface area contributed by atoms with E-state index in [-0.39, 0.29) is 11.8 Å². The van der Waals surface area contributed by atoms with Gasteiger partial charge in [0.05, 0.1) is 10.6 Å². The monoisotopic (exact) mass is 283 g/mol. The van der Waals surface area contributed by atoms with E-state index in [0.717, 1.165) is 30.5 Å². The largest absolute Gasteiger partial charge is 0.313 e. The zero-order valence-corrected chi connectivity index (χ0v) is 13.2. The van der Waals surface area contributed by atoms with Crippen LogP contribution in [0, 0.1) is 13.8 Å². The molecule has 0 aliphatic rings. The molecule has 4 heteroatoms. The van der Waals surface area contributed by atoms with Crippen molar-refractivity contribution in [2.24, 2.45) is 0 Å². The fraction of sp³-hybridized carbons (Fsp3) is 0.600. The first-order chi connectivity index (χ1) is 8.90. The van der Waals surface area contributed by atoms with Gasteiger partial charge in [-0.25, -0.2) is 8.42 Å². The highest BCUT2D eigenvalue weighted by Gasteiger charge is 2.21. The van der Waals surface area contributed by atoms with Crippen molar-refractivity contribution in [3.8, 4) is 0 Å². The van der Waals surface area contributed by atoms with Crippen molar-refractivity contribution in [2.75, 3.05) is 12.3 Å². The maximum absolute atomic E-state index is 12.5. The molecule has 1 aromatic rings. The third-order valence-electron chi connectivity index (χ3n) is 3.26. The first-order valence-corrected chi connectivity index (χ1v) is 8.59. The highest BCUT2D eigenvalue weighted by molar-refractivity contribution is 7.91. The summed E-state index contributed by atoms with van der Waals surface area (Å²) in [5.41, 5.74) is 1.93. The van der Waals surface area contributed by atoms with Crippen LogP contribution < -0.4 is 5.32 Å². The van der Waals surface area contributed by atoms with Gasteiger partial charge < -0.3 is 5.32 Å². The van der Waals surface area contributed by atoms with Gasteiger partial charge in [0.1, 0.15) is 0 Å². The zero-order valence-electron chi connectivity index (χ0n) is 12.4. The second kappa shape index (κ2) is 7.06. The third kappa shape index (κ3) is 4.62. The lowest BCUT2D eigenvalue weighted by Crippen LogP contribution is -2.35. The fourth-order valence-corrected chi connectivity index (χ4v) is 4.06. The molecule has 108 valence electrons. The van der Waals surface area contributed by atoms with Crippen molar-refractivity contribution < 1.29 is 8.42 Å². The molecule has 0 aliphatic heterocycles. The van der Waals surface area contributed by atoms with Gasteiger partial charge in [0.25, 0.3) is 0 Å². The molecule has 1 aromatic carbocycles. The summed E-state index contributed by atoms with van der Waals surface area (Å²) in [7, 11) is -3.21. The van der Waals surface area contributed by atoms with Gasteiger partial charge in [-0.15, -0.1) is 0 Å². The van der Waals surface area contributed by atoms with Crippen molar-refractivity contribution in [1.29, 1.82) is 0 Å². The number of hydrogen-bond acceptors (Lipinski definition) is 3. The molecular weight excluding hydrogens is 258 g/mol. The summed E-state index contributed by atoms with van der Waals surface area (Å²) in [4.78, 5) is 0.467. The van der Waals surface area contributed by atoms with Gasteiger partial charge in [-0.2, -0.15) is 0 Å². The molecule has 0 saturated carbocycles. The second-order valence-electron chi connectivity index (χ2n) is 5.11. The number of sulfone groups is 1. The SMILES string of the molecule is CCCNC(CC)CS(=O)(=O)c1ccc(C)cc1C. The molecule has 1 unspecified atom stereocenters. The molecule has 0 spiro atoms. The van der Waals surface area contributed by atoms with E-state index in [4.69, 9.17) is 0 Å². The van der Waals surface area contributed by atoms with Gasteiger partial charge in [0.15, 0.2) is 9.84 Å². The minimum absolute atomic E-state index is 0.0330. The van der Waals surface area contributed by atoms with Crippen molar-refractivity contribution in [2.45, 2.75) is 51.5 Å². The Hall–Kier alpha value is -0.870. The summed E-state index contributed by atoms with van der Waals surface area (Å²) in [5, 5.41) is 3.30. The van der Waals surface area contributed by atoms with E-state index in [0.29, 0.717) is 4.90 Å². The first-order valence-electron chi connectivity index (χ1n) is 6.94. The Balaban J connectivity index is 2.90. The quantitative estimate of drug-likeness (QED) is 0.837. The highest BCUT2D eigenvalue weighted by Crippen LogP contribution is 2.19. The third-order valence-corrected chi connectivity index (χ3v) is 5.23. The van der Waals surface area contributed by atoms with Crippen LogP contribution in [-0.4, -0.2) is 26.8 Å². The molecule has 0 amide bonds. The van der Waals surface area contributed by atoms with Crippen LogP contribution in [-0.2, 0) is 9.84 Å². The molecule has 0 radical (unpaired) electrons. The van der Waals surface area contributed by atoms with Crippen LogP contribution in [0.1, 0.15) is 37.8 Å². The molecule has 0 bridgehead atoms. The summed E-state index contributed by atoms with van der Waals surface area (Å²) in [6.45, 7) is 8.80. The normalized spacial score (nSPS) is 13.5. The van der Waals surface area contributed by atoms with Crippen LogP contribution in [0.3, 0.4) is 0 Å². The molecule has 19 heavy (non-hydrogen) atoms. The van der Waals surface area contributed by atoms with Crippen molar-refractivity contribution in [1.82, 2.24) is 5.32 Å². The molecule has 0 aliphatic carbocycles. The van der Waals surface area contributed by atoms with Crippen molar-refractivity contribution in [3.63, 3.8) is 0 Å². The average molecular weight is 283 g/mol. The van der Waals surface area contributed by atoms with Crippen molar-refractivity contribution >= 4 is 9.84 Å². The molecule has 3 nitrogen and oxygen atoms in total. The molecule has 1 atom stereocenters. The minimum atomic E-state index is -3.21. The Morgan fingerprint density at radius 2 is 1.89 bits per heavy atom. The first kappa shape index (κ1) is 16.2. The summed E-state index contributed by atoms with van der Waals surface area (Å²) in [6.07, 6.45) is 1.84. The Morgan fingerprint density at radius 3 is 2.42 bits per heavy atom. The molecule has 0 fully saturated rings. The predicted octanol–water partition coefficient (Wildman–Crippen LogP) is 2.86. The molecule has 0 heterocycles. The number of hydrogen-bond donors (Lipinski definition) is 1. The van der Waals surface area contributed by atoms with Crippen LogP contribution in [0.2, 0.25) is 0 Å². The van der Waals surface area contributed by atoms with Gasteiger partial charge in [-0.05, 0) is 44.9 Å². The number of aryl methyl sites for hydroxylation is 2. The smallest absolute Gasteiger partial charge is 0.180 e. The zero-order chi connectivity index (χ0) is 14.5. The van der Waals surface area contributed by atoms with Gasteiger partial charge in [-0.3, -0.25) is 0 Å². The van der Waals surface area contributed by atoms with E-state index in [2.05, 4.69) is 12.2 Å². The number of nitrogens with one attached hydrogen (secondary N) is 1.